The minimum atomic E-state index is -0.0258. The number of benzene rings is 1. The molecule has 132 valence electrons. The second-order valence-electron chi connectivity index (χ2n) is 7.44. The molecule has 2 fully saturated rings. The van der Waals surface area contributed by atoms with Crippen LogP contribution < -0.4 is 10.1 Å². The van der Waals surface area contributed by atoms with Gasteiger partial charge in [0.15, 0.2) is 0 Å². The third kappa shape index (κ3) is 4.29. The molecule has 1 aliphatic carbocycles. The van der Waals surface area contributed by atoms with Gasteiger partial charge >= 0.3 is 0 Å². The Labute approximate surface area is 145 Å². The maximum Gasteiger partial charge on any atom is 0.255 e. The van der Waals surface area contributed by atoms with Gasteiger partial charge in [0.25, 0.3) is 5.91 Å². The van der Waals surface area contributed by atoms with E-state index in [9.17, 15) is 4.79 Å². The summed E-state index contributed by atoms with van der Waals surface area (Å²) in [5.74, 6) is 1.53. The SMILES string of the molecule is CC1CCN(C(C)CNC(=O)c2ccccc2OC2CCC2)CC1. The minimum Gasteiger partial charge on any atom is -0.490 e. The smallest absolute Gasteiger partial charge is 0.255 e. The fourth-order valence-corrected chi connectivity index (χ4v) is 3.36. The predicted octanol–water partition coefficient (Wildman–Crippen LogP) is 3.47. The van der Waals surface area contributed by atoms with Crippen LogP contribution in [0.5, 0.6) is 5.75 Å². The normalized spacial score (nSPS) is 21.1. The number of carbonyl (C=O) groups is 1. The van der Waals surface area contributed by atoms with Gasteiger partial charge in [-0.05, 0) is 70.2 Å². The number of hydrogen-bond donors (Lipinski definition) is 1. The van der Waals surface area contributed by atoms with Crippen molar-refractivity contribution in [2.75, 3.05) is 19.6 Å². The van der Waals surface area contributed by atoms with Crippen LogP contribution in [-0.2, 0) is 0 Å². The Morgan fingerprint density at radius 2 is 1.96 bits per heavy atom. The zero-order valence-electron chi connectivity index (χ0n) is 15.0. The highest BCUT2D eigenvalue weighted by molar-refractivity contribution is 5.96. The van der Waals surface area contributed by atoms with Gasteiger partial charge in [0, 0.05) is 12.6 Å². The molecule has 0 bridgehead atoms. The lowest BCUT2D eigenvalue weighted by atomic mass is 9.96. The summed E-state index contributed by atoms with van der Waals surface area (Å²) in [6, 6.07) is 7.97. The Bertz CT molecular complexity index is 548. The molecule has 0 aromatic heterocycles. The molecule has 1 saturated carbocycles. The first-order chi connectivity index (χ1) is 11.6. The number of para-hydroxylation sites is 1. The van der Waals surface area contributed by atoms with Crippen molar-refractivity contribution in [2.45, 2.75) is 58.1 Å². The van der Waals surface area contributed by atoms with Crippen molar-refractivity contribution >= 4 is 5.91 Å². The monoisotopic (exact) mass is 330 g/mol. The molecule has 1 N–H and O–H groups in total. The molecular weight excluding hydrogens is 300 g/mol. The standard InChI is InChI=1S/C20H30N2O2/c1-15-10-12-22(13-11-15)16(2)14-21-20(23)18-8-3-4-9-19(18)24-17-6-5-7-17/h3-4,8-9,15-17H,5-7,10-14H2,1-2H3,(H,21,23). The third-order valence-electron chi connectivity index (χ3n) is 5.48. The molecule has 24 heavy (non-hydrogen) atoms. The maximum absolute atomic E-state index is 12.6. The number of ether oxygens (including phenoxy) is 1. The number of nitrogens with one attached hydrogen (secondary N) is 1. The summed E-state index contributed by atoms with van der Waals surface area (Å²) in [6.07, 6.45) is 6.23. The molecule has 0 radical (unpaired) electrons. The fraction of sp³-hybridized carbons (Fsp3) is 0.650. The highest BCUT2D eigenvalue weighted by atomic mass is 16.5. The van der Waals surface area contributed by atoms with Crippen LogP contribution in [0, 0.1) is 5.92 Å². The summed E-state index contributed by atoms with van der Waals surface area (Å²) in [5.41, 5.74) is 0.656. The van der Waals surface area contributed by atoms with E-state index in [2.05, 4.69) is 24.1 Å². The van der Waals surface area contributed by atoms with Gasteiger partial charge in [-0.25, -0.2) is 0 Å². The fourth-order valence-electron chi connectivity index (χ4n) is 3.36. The molecule has 1 heterocycles. The summed E-state index contributed by atoms with van der Waals surface area (Å²) in [7, 11) is 0. The first kappa shape index (κ1) is 17.3. The van der Waals surface area contributed by atoms with E-state index in [0.29, 0.717) is 18.2 Å². The molecule has 1 unspecified atom stereocenters. The molecule has 3 rings (SSSR count). The lowest BCUT2D eigenvalue weighted by Crippen LogP contribution is -2.45. The average Bonchev–Trinajstić information content (AvgIpc) is 2.56. The van der Waals surface area contributed by atoms with Crippen LogP contribution in [0.4, 0.5) is 0 Å². The van der Waals surface area contributed by atoms with Gasteiger partial charge in [-0.2, -0.15) is 0 Å². The molecule has 0 spiro atoms. The number of rotatable bonds is 6. The number of likely N-dealkylation sites (tertiary alicyclic amines) is 1. The van der Waals surface area contributed by atoms with E-state index in [1.54, 1.807) is 0 Å². The Morgan fingerprint density at radius 3 is 2.62 bits per heavy atom. The molecule has 1 saturated heterocycles. The van der Waals surface area contributed by atoms with Crippen LogP contribution in [-0.4, -0.2) is 42.6 Å². The number of amides is 1. The molecule has 4 heteroatoms. The lowest BCUT2D eigenvalue weighted by Gasteiger charge is -2.35. The van der Waals surface area contributed by atoms with Crippen molar-refractivity contribution in [3.05, 3.63) is 29.8 Å². The van der Waals surface area contributed by atoms with E-state index < -0.39 is 0 Å². The lowest BCUT2D eigenvalue weighted by molar-refractivity contribution is 0.0899. The molecule has 1 aliphatic heterocycles. The minimum absolute atomic E-state index is 0.0258. The summed E-state index contributed by atoms with van der Waals surface area (Å²) in [4.78, 5) is 15.1. The maximum atomic E-state index is 12.6. The van der Waals surface area contributed by atoms with Crippen LogP contribution in [0.25, 0.3) is 0 Å². The molecule has 1 aromatic carbocycles. The second-order valence-corrected chi connectivity index (χ2v) is 7.44. The van der Waals surface area contributed by atoms with Crippen LogP contribution in [0.2, 0.25) is 0 Å². The summed E-state index contributed by atoms with van der Waals surface area (Å²) in [5, 5.41) is 3.10. The average molecular weight is 330 g/mol. The highest BCUT2D eigenvalue weighted by Gasteiger charge is 2.23. The van der Waals surface area contributed by atoms with Gasteiger partial charge in [-0.3, -0.25) is 9.69 Å². The molecule has 1 amide bonds. The van der Waals surface area contributed by atoms with Crippen molar-refractivity contribution in [1.82, 2.24) is 10.2 Å². The van der Waals surface area contributed by atoms with Crippen molar-refractivity contribution in [3.8, 4) is 5.75 Å². The Morgan fingerprint density at radius 1 is 1.25 bits per heavy atom. The summed E-state index contributed by atoms with van der Waals surface area (Å²) in [6.45, 7) is 7.49. The van der Waals surface area contributed by atoms with E-state index >= 15 is 0 Å². The van der Waals surface area contributed by atoms with E-state index in [1.165, 1.54) is 19.3 Å². The number of carbonyl (C=O) groups excluding carboxylic acids is 1. The molecule has 4 nitrogen and oxygen atoms in total. The topological polar surface area (TPSA) is 41.6 Å². The Balaban J connectivity index is 1.53. The molecular formula is C20H30N2O2. The van der Waals surface area contributed by atoms with Gasteiger partial charge in [-0.1, -0.05) is 19.1 Å². The van der Waals surface area contributed by atoms with Gasteiger partial charge < -0.3 is 10.1 Å². The third-order valence-corrected chi connectivity index (χ3v) is 5.48. The van der Waals surface area contributed by atoms with Gasteiger partial charge in [0.1, 0.15) is 5.75 Å². The zero-order chi connectivity index (χ0) is 16.9. The first-order valence-corrected chi connectivity index (χ1v) is 9.41. The molecule has 1 aromatic rings. The van der Waals surface area contributed by atoms with Crippen LogP contribution in [0.1, 0.15) is 56.3 Å². The van der Waals surface area contributed by atoms with E-state index in [4.69, 9.17) is 4.74 Å². The van der Waals surface area contributed by atoms with Crippen LogP contribution >= 0.6 is 0 Å². The first-order valence-electron chi connectivity index (χ1n) is 9.41. The Kier molecular flexibility index (Phi) is 5.77. The van der Waals surface area contributed by atoms with Crippen LogP contribution in [0.3, 0.4) is 0 Å². The van der Waals surface area contributed by atoms with Gasteiger partial charge in [0.05, 0.1) is 11.7 Å². The van der Waals surface area contributed by atoms with Gasteiger partial charge in [0.2, 0.25) is 0 Å². The molecule has 2 aliphatic rings. The van der Waals surface area contributed by atoms with E-state index in [-0.39, 0.29) is 12.0 Å². The van der Waals surface area contributed by atoms with Crippen molar-refractivity contribution < 1.29 is 9.53 Å². The summed E-state index contributed by atoms with van der Waals surface area (Å²) < 4.78 is 5.97. The number of nitrogens with zero attached hydrogens (tertiary/aromatic N) is 1. The van der Waals surface area contributed by atoms with Crippen LogP contribution in [0.15, 0.2) is 24.3 Å². The quantitative estimate of drug-likeness (QED) is 0.868. The summed E-state index contributed by atoms with van der Waals surface area (Å²) >= 11 is 0. The van der Waals surface area contributed by atoms with Crippen molar-refractivity contribution in [2.24, 2.45) is 5.92 Å². The van der Waals surface area contributed by atoms with Crippen molar-refractivity contribution in [1.29, 1.82) is 0 Å². The molecule has 1 atom stereocenters. The van der Waals surface area contributed by atoms with Crippen molar-refractivity contribution in [3.63, 3.8) is 0 Å². The highest BCUT2D eigenvalue weighted by Crippen LogP contribution is 2.27. The Hall–Kier alpha value is -1.55. The number of hydrogen-bond acceptors (Lipinski definition) is 3. The second kappa shape index (κ2) is 8.02. The number of piperidine rings is 1. The van der Waals surface area contributed by atoms with E-state index in [1.807, 2.05) is 24.3 Å². The largest absolute Gasteiger partial charge is 0.490 e. The van der Waals surface area contributed by atoms with E-state index in [0.717, 1.165) is 37.6 Å². The zero-order valence-corrected chi connectivity index (χ0v) is 15.0. The van der Waals surface area contributed by atoms with Gasteiger partial charge in [-0.15, -0.1) is 0 Å². The predicted molar refractivity (Wildman–Crippen MR) is 96.5 cm³/mol.